The van der Waals surface area contributed by atoms with E-state index >= 15 is 0 Å². The zero-order chi connectivity index (χ0) is 14.2. The standard InChI is InChI=1S/C13H11ClN2O3/c1-7-11(8(2)17)12(13(18)19)15-16(7)10-5-3-9(14)4-6-10/h3-6H,1-2H3,(H,18,19). The predicted octanol–water partition coefficient (Wildman–Crippen LogP) is 2.73. The predicted molar refractivity (Wildman–Crippen MR) is 70.3 cm³/mol. The zero-order valence-electron chi connectivity index (χ0n) is 10.3. The van der Waals surface area contributed by atoms with E-state index in [9.17, 15) is 9.59 Å². The van der Waals surface area contributed by atoms with E-state index < -0.39 is 5.97 Å². The van der Waals surface area contributed by atoms with E-state index in [2.05, 4.69) is 5.10 Å². The van der Waals surface area contributed by atoms with Crippen molar-refractivity contribution in [1.29, 1.82) is 0 Å². The average molecular weight is 279 g/mol. The van der Waals surface area contributed by atoms with E-state index in [1.54, 1.807) is 31.2 Å². The van der Waals surface area contributed by atoms with E-state index in [-0.39, 0.29) is 17.0 Å². The van der Waals surface area contributed by atoms with Gasteiger partial charge in [0.1, 0.15) is 0 Å². The van der Waals surface area contributed by atoms with Gasteiger partial charge in [0, 0.05) is 5.02 Å². The molecule has 2 aromatic rings. The van der Waals surface area contributed by atoms with Gasteiger partial charge in [-0.05, 0) is 38.1 Å². The van der Waals surface area contributed by atoms with Gasteiger partial charge >= 0.3 is 5.97 Å². The van der Waals surface area contributed by atoms with Gasteiger partial charge in [0.15, 0.2) is 11.5 Å². The Bertz CT molecular complexity index is 659. The van der Waals surface area contributed by atoms with Crippen molar-refractivity contribution in [1.82, 2.24) is 9.78 Å². The number of carboxylic acids is 1. The minimum absolute atomic E-state index is 0.127. The highest BCUT2D eigenvalue weighted by atomic mass is 35.5. The van der Waals surface area contributed by atoms with Crippen LogP contribution in [0.15, 0.2) is 24.3 Å². The molecular formula is C13H11ClN2O3. The third kappa shape index (κ3) is 2.37. The molecule has 0 spiro atoms. The van der Waals surface area contributed by atoms with Crippen LogP contribution < -0.4 is 0 Å². The van der Waals surface area contributed by atoms with Gasteiger partial charge in [-0.2, -0.15) is 5.10 Å². The number of benzene rings is 1. The Labute approximate surface area is 114 Å². The van der Waals surface area contributed by atoms with Gasteiger partial charge in [-0.3, -0.25) is 4.79 Å². The van der Waals surface area contributed by atoms with Crippen LogP contribution in [0.2, 0.25) is 5.02 Å². The number of ketones is 1. The molecule has 0 aliphatic rings. The number of Topliss-reactive ketones (excluding diaryl/α,β-unsaturated/α-hetero) is 1. The Hall–Kier alpha value is -2.14. The lowest BCUT2D eigenvalue weighted by Crippen LogP contribution is -2.05. The molecule has 0 saturated carbocycles. The Kier molecular flexibility index (Phi) is 3.40. The van der Waals surface area contributed by atoms with Crippen LogP contribution >= 0.6 is 11.6 Å². The number of nitrogens with zero attached hydrogens (tertiary/aromatic N) is 2. The molecule has 0 saturated heterocycles. The summed E-state index contributed by atoms with van der Waals surface area (Å²) in [6.07, 6.45) is 0. The number of carbonyl (C=O) groups excluding carboxylic acids is 1. The molecule has 0 aliphatic heterocycles. The largest absolute Gasteiger partial charge is 0.476 e. The maximum atomic E-state index is 11.6. The molecule has 0 unspecified atom stereocenters. The summed E-state index contributed by atoms with van der Waals surface area (Å²) < 4.78 is 1.43. The number of hydrogen-bond acceptors (Lipinski definition) is 3. The third-order valence-corrected chi connectivity index (χ3v) is 2.99. The summed E-state index contributed by atoms with van der Waals surface area (Å²) in [4.78, 5) is 22.7. The first-order chi connectivity index (χ1) is 8.91. The SMILES string of the molecule is CC(=O)c1c(C(=O)O)nn(-c2ccc(Cl)cc2)c1C. The summed E-state index contributed by atoms with van der Waals surface area (Å²) in [6.45, 7) is 2.98. The summed E-state index contributed by atoms with van der Waals surface area (Å²) in [7, 11) is 0. The van der Waals surface area contributed by atoms with Crippen LogP contribution in [0, 0.1) is 6.92 Å². The monoisotopic (exact) mass is 278 g/mol. The van der Waals surface area contributed by atoms with Gasteiger partial charge < -0.3 is 5.11 Å². The summed E-state index contributed by atoms with van der Waals surface area (Å²) in [5, 5.41) is 13.6. The second kappa shape index (κ2) is 4.85. The molecule has 1 aromatic carbocycles. The average Bonchev–Trinajstić information content (AvgIpc) is 2.68. The lowest BCUT2D eigenvalue weighted by atomic mass is 10.1. The van der Waals surface area contributed by atoms with E-state index in [1.807, 2.05) is 0 Å². The van der Waals surface area contributed by atoms with Gasteiger partial charge in [-0.25, -0.2) is 9.48 Å². The van der Waals surface area contributed by atoms with Crippen LogP contribution in [0.25, 0.3) is 5.69 Å². The van der Waals surface area contributed by atoms with Gasteiger partial charge in [-0.15, -0.1) is 0 Å². The smallest absolute Gasteiger partial charge is 0.357 e. The Morgan fingerprint density at radius 1 is 1.26 bits per heavy atom. The highest BCUT2D eigenvalue weighted by molar-refractivity contribution is 6.30. The number of aromatic nitrogens is 2. The van der Waals surface area contributed by atoms with Crippen molar-refractivity contribution in [2.75, 3.05) is 0 Å². The second-order valence-corrected chi connectivity index (χ2v) is 4.50. The molecule has 5 nitrogen and oxygen atoms in total. The van der Waals surface area contributed by atoms with Gasteiger partial charge in [-0.1, -0.05) is 11.6 Å². The van der Waals surface area contributed by atoms with Gasteiger partial charge in [0.05, 0.1) is 16.9 Å². The summed E-state index contributed by atoms with van der Waals surface area (Å²) in [5.41, 5.74) is 1.03. The van der Waals surface area contributed by atoms with Crippen molar-refractivity contribution in [2.45, 2.75) is 13.8 Å². The first-order valence-electron chi connectivity index (χ1n) is 5.51. The molecule has 1 N–H and O–H groups in total. The van der Waals surface area contributed by atoms with Gasteiger partial charge in [0.25, 0.3) is 0 Å². The second-order valence-electron chi connectivity index (χ2n) is 4.06. The molecule has 6 heteroatoms. The molecule has 0 amide bonds. The normalized spacial score (nSPS) is 10.5. The fourth-order valence-electron chi connectivity index (χ4n) is 1.91. The summed E-state index contributed by atoms with van der Waals surface area (Å²) in [6, 6.07) is 6.76. The van der Waals surface area contributed by atoms with E-state index in [1.165, 1.54) is 11.6 Å². The van der Waals surface area contributed by atoms with E-state index in [0.29, 0.717) is 16.4 Å². The number of aromatic carboxylic acids is 1. The highest BCUT2D eigenvalue weighted by Gasteiger charge is 2.23. The third-order valence-electron chi connectivity index (χ3n) is 2.74. The molecule has 98 valence electrons. The van der Waals surface area contributed by atoms with Crippen LogP contribution in [0.4, 0.5) is 0 Å². The van der Waals surface area contributed by atoms with E-state index in [0.717, 1.165) is 0 Å². The number of carbonyl (C=O) groups is 2. The Balaban J connectivity index is 2.65. The molecule has 0 fully saturated rings. The molecule has 0 radical (unpaired) electrons. The minimum atomic E-state index is -1.22. The highest BCUT2D eigenvalue weighted by Crippen LogP contribution is 2.20. The van der Waals surface area contributed by atoms with Crippen LogP contribution in [-0.4, -0.2) is 26.6 Å². The minimum Gasteiger partial charge on any atom is -0.476 e. The lowest BCUT2D eigenvalue weighted by Gasteiger charge is -2.04. The van der Waals surface area contributed by atoms with Crippen LogP contribution in [-0.2, 0) is 0 Å². The van der Waals surface area contributed by atoms with Crippen LogP contribution in [0.1, 0.15) is 33.5 Å². The number of hydrogen-bond donors (Lipinski definition) is 1. The van der Waals surface area contributed by atoms with Gasteiger partial charge in [0.2, 0.25) is 0 Å². The number of halogens is 1. The maximum absolute atomic E-state index is 11.6. The Morgan fingerprint density at radius 3 is 2.26 bits per heavy atom. The topological polar surface area (TPSA) is 72.2 Å². The lowest BCUT2D eigenvalue weighted by molar-refractivity contribution is 0.0685. The molecule has 19 heavy (non-hydrogen) atoms. The molecule has 0 bridgehead atoms. The fourth-order valence-corrected chi connectivity index (χ4v) is 2.03. The Morgan fingerprint density at radius 2 is 1.84 bits per heavy atom. The fraction of sp³-hybridized carbons (Fsp3) is 0.154. The summed E-state index contributed by atoms with van der Waals surface area (Å²) >= 11 is 5.80. The van der Waals surface area contributed by atoms with E-state index in [4.69, 9.17) is 16.7 Å². The first-order valence-corrected chi connectivity index (χ1v) is 5.89. The quantitative estimate of drug-likeness (QED) is 0.876. The zero-order valence-corrected chi connectivity index (χ0v) is 11.1. The van der Waals surface area contributed by atoms with Crippen molar-refractivity contribution in [3.8, 4) is 5.69 Å². The molecule has 1 aromatic heterocycles. The van der Waals surface area contributed by atoms with Crippen LogP contribution in [0.5, 0.6) is 0 Å². The van der Waals surface area contributed by atoms with Crippen LogP contribution in [0.3, 0.4) is 0 Å². The molecular weight excluding hydrogens is 268 g/mol. The molecule has 0 atom stereocenters. The molecule has 0 aliphatic carbocycles. The van der Waals surface area contributed by atoms with Crippen molar-refractivity contribution in [2.24, 2.45) is 0 Å². The van der Waals surface area contributed by atoms with Crippen molar-refractivity contribution in [3.05, 3.63) is 46.2 Å². The molecule has 2 rings (SSSR count). The van der Waals surface area contributed by atoms with Crippen molar-refractivity contribution in [3.63, 3.8) is 0 Å². The van der Waals surface area contributed by atoms with Crippen molar-refractivity contribution < 1.29 is 14.7 Å². The summed E-state index contributed by atoms with van der Waals surface area (Å²) in [5.74, 6) is -1.55. The first kappa shape index (κ1) is 13.3. The maximum Gasteiger partial charge on any atom is 0.357 e. The van der Waals surface area contributed by atoms with Crippen molar-refractivity contribution >= 4 is 23.4 Å². The molecule has 1 heterocycles. The number of carboxylic acid groups (broad SMARTS) is 1. The number of rotatable bonds is 3.